The van der Waals surface area contributed by atoms with Crippen molar-refractivity contribution in [1.82, 2.24) is 4.90 Å². The van der Waals surface area contributed by atoms with E-state index < -0.39 is 0 Å². The summed E-state index contributed by atoms with van der Waals surface area (Å²) in [4.78, 5) is 13.8. The molecule has 0 heterocycles. The van der Waals surface area contributed by atoms with E-state index in [1.165, 1.54) is 5.56 Å². The van der Waals surface area contributed by atoms with Gasteiger partial charge in [-0.2, -0.15) is 0 Å². The highest BCUT2D eigenvalue weighted by Crippen LogP contribution is 2.11. The topological polar surface area (TPSA) is 20.3 Å². The van der Waals surface area contributed by atoms with Crippen LogP contribution in [0.5, 0.6) is 0 Å². The summed E-state index contributed by atoms with van der Waals surface area (Å²) in [5, 5.41) is 0. The molecule has 0 radical (unpaired) electrons. The van der Waals surface area contributed by atoms with Crippen LogP contribution in [-0.2, 0) is 6.16 Å². The van der Waals surface area contributed by atoms with Gasteiger partial charge in [0.1, 0.15) is 0 Å². The molecule has 1 aromatic rings. The Hall–Kier alpha value is -0.880. The molecule has 1 unspecified atom stereocenters. The third kappa shape index (κ3) is 3.04. The van der Waals surface area contributed by atoms with E-state index in [0.29, 0.717) is 0 Å². The van der Waals surface area contributed by atoms with Gasteiger partial charge in [0.25, 0.3) is 5.91 Å². The Morgan fingerprint density at radius 3 is 2.53 bits per heavy atom. The third-order valence-corrected chi connectivity index (χ3v) is 2.93. The molecule has 1 rings (SSSR count). The lowest BCUT2D eigenvalue weighted by atomic mass is 10.1. The average molecular weight is 223 g/mol. The smallest absolute Gasteiger partial charge is 0.253 e. The van der Waals surface area contributed by atoms with E-state index in [9.17, 15) is 4.79 Å². The van der Waals surface area contributed by atoms with E-state index in [1.807, 2.05) is 43.0 Å². The Morgan fingerprint density at radius 2 is 2.00 bits per heavy atom. The number of rotatable bonds is 4. The van der Waals surface area contributed by atoms with Crippen LogP contribution in [0.2, 0.25) is 0 Å². The van der Waals surface area contributed by atoms with Gasteiger partial charge in [0, 0.05) is 18.7 Å². The zero-order valence-electron chi connectivity index (χ0n) is 9.36. The Balaban J connectivity index is 2.90. The summed E-state index contributed by atoms with van der Waals surface area (Å²) in [6.45, 7) is 5.53. The fraction of sp³-hybridized carbons (Fsp3) is 0.417. The third-order valence-electron chi connectivity index (χ3n) is 2.46. The van der Waals surface area contributed by atoms with Crippen LogP contribution in [-0.4, -0.2) is 23.9 Å². The predicted octanol–water partition coefficient (Wildman–Crippen LogP) is 2.54. The van der Waals surface area contributed by atoms with Crippen LogP contribution in [0.3, 0.4) is 0 Å². The highest BCUT2D eigenvalue weighted by Gasteiger charge is 2.11. The second-order valence-electron chi connectivity index (χ2n) is 3.38. The number of nitrogens with zero attached hydrogens (tertiary/aromatic N) is 1. The molecule has 0 aliphatic rings. The normalized spacial score (nSPS) is 10.1. The number of benzene rings is 1. The van der Waals surface area contributed by atoms with Crippen LogP contribution in [0, 0.1) is 0 Å². The lowest BCUT2D eigenvalue weighted by Gasteiger charge is -2.18. The number of carbonyl (C=O) groups is 1. The van der Waals surface area contributed by atoms with E-state index in [1.54, 1.807) is 0 Å². The standard InChI is InChI=1S/C12H18NOP/c1-3-13(4-2)12(14)11-7-5-6-10(8-11)9-15/h5-8H,3-4,9,15H2,1-2H3. The average Bonchev–Trinajstić information content (AvgIpc) is 2.30. The van der Waals surface area contributed by atoms with Gasteiger partial charge in [0.2, 0.25) is 0 Å². The van der Waals surface area contributed by atoms with Crippen molar-refractivity contribution in [2.45, 2.75) is 20.0 Å². The molecule has 0 saturated carbocycles. The first-order chi connectivity index (χ1) is 7.22. The number of carbonyl (C=O) groups excluding carboxylic acids is 1. The molecule has 1 atom stereocenters. The molecular weight excluding hydrogens is 205 g/mol. The van der Waals surface area contributed by atoms with Crippen molar-refractivity contribution in [1.29, 1.82) is 0 Å². The molecule has 0 aromatic heterocycles. The second kappa shape index (κ2) is 5.87. The molecule has 0 aliphatic carbocycles. The lowest BCUT2D eigenvalue weighted by molar-refractivity contribution is 0.0773. The van der Waals surface area contributed by atoms with Crippen molar-refractivity contribution in [3.8, 4) is 0 Å². The molecule has 0 aliphatic heterocycles. The van der Waals surface area contributed by atoms with Crippen molar-refractivity contribution in [3.63, 3.8) is 0 Å². The van der Waals surface area contributed by atoms with E-state index in [4.69, 9.17) is 0 Å². The SMILES string of the molecule is CCN(CC)C(=O)c1cccc(CP)c1. The van der Waals surface area contributed by atoms with Gasteiger partial charge >= 0.3 is 0 Å². The summed E-state index contributed by atoms with van der Waals surface area (Å²) < 4.78 is 0. The summed E-state index contributed by atoms with van der Waals surface area (Å²) in [7, 11) is 2.67. The lowest BCUT2D eigenvalue weighted by Crippen LogP contribution is -2.30. The second-order valence-corrected chi connectivity index (χ2v) is 3.79. The number of hydrogen-bond acceptors (Lipinski definition) is 1. The Bertz CT molecular complexity index is 334. The summed E-state index contributed by atoms with van der Waals surface area (Å²) >= 11 is 0. The Labute approximate surface area is 93.9 Å². The molecule has 0 spiro atoms. The van der Waals surface area contributed by atoms with E-state index in [0.717, 1.165) is 24.8 Å². The first-order valence-corrected chi connectivity index (χ1v) is 6.12. The molecule has 0 bridgehead atoms. The Kier molecular flexibility index (Phi) is 4.77. The quantitative estimate of drug-likeness (QED) is 0.718. The molecule has 1 amide bonds. The zero-order chi connectivity index (χ0) is 11.3. The minimum atomic E-state index is 0.125. The van der Waals surface area contributed by atoms with Gasteiger partial charge in [0.05, 0.1) is 0 Å². The highest BCUT2D eigenvalue weighted by molar-refractivity contribution is 7.15. The summed E-state index contributed by atoms with van der Waals surface area (Å²) in [5.41, 5.74) is 1.97. The largest absolute Gasteiger partial charge is 0.339 e. The van der Waals surface area contributed by atoms with Crippen LogP contribution >= 0.6 is 9.24 Å². The van der Waals surface area contributed by atoms with Crippen molar-refractivity contribution in [2.24, 2.45) is 0 Å². The van der Waals surface area contributed by atoms with Crippen LogP contribution in [0.1, 0.15) is 29.8 Å². The number of hydrogen-bond donors (Lipinski definition) is 0. The monoisotopic (exact) mass is 223 g/mol. The summed E-state index contributed by atoms with van der Waals surface area (Å²) in [5.74, 6) is 0.125. The Morgan fingerprint density at radius 1 is 1.33 bits per heavy atom. The molecule has 82 valence electrons. The van der Waals surface area contributed by atoms with Crippen LogP contribution in [0.25, 0.3) is 0 Å². The van der Waals surface area contributed by atoms with Crippen LogP contribution in [0.15, 0.2) is 24.3 Å². The summed E-state index contributed by atoms with van der Waals surface area (Å²) in [6.07, 6.45) is 0.888. The van der Waals surface area contributed by atoms with Gasteiger partial charge in [-0.25, -0.2) is 0 Å². The van der Waals surface area contributed by atoms with Gasteiger partial charge in [-0.3, -0.25) is 4.79 Å². The first-order valence-electron chi connectivity index (χ1n) is 5.31. The van der Waals surface area contributed by atoms with Gasteiger partial charge in [-0.1, -0.05) is 12.1 Å². The molecule has 0 N–H and O–H groups in total. The van der Waals surface area contributed by atoms with Crippen molar-refractivity contribution in [3.05, 3.63) is 35.4 Å². The highest BCUT2D eigenvalue weighted by atomic mass is 31.0. The van der Waals surface area contributed by atoms with Crippen LogP contribution in [0.4, 0.5) is 0 Å². The predicted molar refractivity (Wildman–Crippen MR) is 67.1 cm³/mol. The minimum absolute atomic E-state index is 0.125. The number of amides is 1. The molecule has 0 saturated heterocycles. The maximum absolute atomic E-state index is 12.0. The molecule has 2 nitrogen and oxygen atoms in total. The van der Waals surface area contributed by atoms with Gasteiger partial charge in [0.15, 0.2) is 0 Å². The van der Waals surface area contributed by atoms with Gasteiger partial charge in [-0.15, -0.1) is 9.24 Å². The molecule has 1 aromatic carbocycles. The van der Waals surface area contributed by atoms with Crippen molar-refractivity contribution in [2.75, 3.05) is 13.1 Å². The maximum atomic E-state index is 12.0. The van der Waals surface area contributed by atoms with E-state index in [-0.39, 0.29) is 5.91 Å². The van der Waals surface area contributed by atoms with Crippen LogP contribution < -0.4 is 0 Å². The fourth-order valence-corrected chi connectivity index (χ4v) is 1.78. The molecular formula is C12H18NOP. The summed E-state index contributed by atoms with van der Waals surface area (Å²) in [6, 6.07) is 7.82. The zero-order valence-corrected chi connectivity index (χ0v) is 10.5. The molecule has 3 heteroatoms. The van der Waals surface area contributed by atoms with Gasteiger partial charge in [-0.05, 0) is 37.7 Å². The van der Waals surface area contributed by atoms with Crippen molar-refractivity contribution >= 4 is 15.1 Å². The molecule has 15 heavy (non-hydrogen) atoms. The molecule has 0 fully saturated rings. The first kappa shape index (κ1) is 12.2. The van der Waals surface area contributed by atoms with Gasteiger partial charge < -0.3 is 4.90 Å². The maximum Gasteiger partial charge on any atom is 0.253 e. The minimum Gasteiger partial charge on any atom is -0.339 e. The van der Waals surface area contributed by atoms with Crippen molar-refractivity contribution < 1.29 is 4.79 Å². The fourth-order valence-electron chi connectivity index (χ4n) is 1.52. The van der Waals surface area contributed by atoms with E-state index in [2.05, 4.69) is 9.24 Å². The van der Waals surface area contributed by atoms with E-state index >= 15 is 0 Å².